The minimum Gasteiger partial charge on any atom is -0.462 e. The zero-order valence-corrected chi connectivity index (χ0v) is 13.7. The van der Waals surface area contributed by atoms with Crippen LogP contribution >= 0.6 is 11.3 Å². The lowest BCUT2D eigenvalue weighted by atomic mass is 9.91. The van der Waals surface area contributed by atoms with Crippen molar-refractivity contribution in [2.24, 2.45) is 11.7 Å². The molecule has 0 amide bonds. The lowest BCUT2D eigenvalue weighted by molar-refractivity contribution is -0.121. The Hall–Kier alpha value is -1.34. The molecule has 3 rings (SSSR count). The van der Waals surface area contributed by atoms with Crippen LogP contribution in [0.2, 0.25) is 0 Å². The Morgan fingerprint density at radius 3 is 2.74 bits per heavy atom. The minimum absolute atomic E-state index is 0.0263. The smallest absolute Gasteiger partial charge is 0.339 e. The molecule has 0 radical (unpaired) electrons. The maximum absolute atomic E-state index is 13.1. The standard InChI is InChI=1S/C16H19F2NO3S/c1-2-22-15(21)14-9-5-8(19)3-4-12(9)23-13(14)6-11(20)10-7-16(10,17)18/h8,10H,2-7,19H2,1H3/t8-,10+/m0/s1. The highest BCUT2D eigenvalue weighted by molar-refractivity contribution is 7.12. The maximum atomic E-state index is 13.1. The molecular weight excluding hydrogens is 324 g/mol. The van der Waals surface area contributed by atoms with Crippen LogP contribution in [0.3, 0.4) is 0 Å². The van der Waals surface area contributed by atoms with Crippen molar-refractivity contribution in [1.82, 2.24) is 0 Å². The Bertz CT molecular complexity index is 656. The van der Waals surface area contributed by atoms with E-state index in [1.165, 1.54) is 11.3 Å². The number of nitrogens with two attached hydrogens (primary N) is 1. The van der Waals surface area contributed by atoms with Crippen LogP contribution in [0.1, 0.15) is 45.4 Å². The Balaban J connectivity index is 1.89. The molecule has 1 aromatic heterocycles. The van der Waals surface area contributed by atoms with Crippen LogP contribution in [0.15, 0.2) is 0 Å². The summed E-state index contributed by atoms with van der Waals surface area (Å²) in [7, 11) is 0. The van der Waals surface area contributed by atoms with Crippen molar-refractivity contribution in [1.29, 1.82) is 0 Å². The quantitative estimate of drug-likeness (QED) is 0.834. The molecule has 23 heavy (non-hydrogen) atoms. The van der Waals surface area contributed by atoms with E-state index in [2.05, 4.69) is 0 Å². The molecule has 0 aromatic carbocycles. The number of rotatable bonds is 5. The molecule has 0 aliphatic heterocycles. The Kier molecular flexibility index (Phi) is 4.27. The highest BCUT2D eigenvalue weighted by atomic mass is 32.1. The first-order valence-corrected chi connectivity index (χ1v) is 8.61. The minimum atomic E-state index is -2.87. The highest BCUT2D eigenvalue weighted by Gasteiger charge is 2.60. The topological polar surface area (TPSA) is 69.4 Å². The number of aryl methyl sites for hydroxylation is 1. The Morgan fingerprint density at radius 2 is 2.13 bits per heavy atom. The molecule has 2 atom stereocenters. The van der Waals surface area contributed by atoms with Gasteiger partial charge in [-0.15, -0.1) is 11.3 Å². The van der Waals surface area contributed by atoms with Crippen molar-refractivity contribution < 1.29 is 23.1 Å². The molecule has 4 nitrogen and oxygen atoms in total. The summed E-state index contributed by atoms with van der Waals surface area (Å²) in [5.41, 5.74) is 7.22. The number of carbonyl (C=O) groups excluding carboxylic acids is 2. The molecule has 0 unspecified atom stereocenters. The lowest BCUT2D eigenvalue weighted by Gasteiger charge is -2.18. The van der Waals surface area contributed by atoms with Gasteiger partial charge in [0.1, 0.15) is 5.78 Å². The fraction of sp³-hybridized carbons (Fsp3) is 0.625. The first kappa shape index (κ1) is 16.5. The summed E-state index contributed by atoms with van der Waals surface area (Å²) in [6.45, 7) is 1.93. The molecule has 0 spiro atoms. The third-order valence-electron chi connectivity index (χ3n) is 4.40. The first-order valence-electron chi connectivity index (χ1n) is 7.80. The number of hydrogen-bond donors (Lipinski definition) is 1. The van der Waals surface area contributed by atoms with Crippen molar-refractivity contribution in [2.45, 2.75) is 51.0 Å². The maximum Gasteiger partial charge on any atom is 0.339 e. The van der Waals surface area contributed by atoms with E-state index in [0.29, 0.717) is 16.9 Å². The van der Waals surface area contributed by atoms with E-state index in [9.17, 15) is 18.4 Å². The van der Waals surface area contributed by atoms with Crippen LogP contribution in [0.25, 0.3) is 0 Å². The predicted molar refractivity (Wildman–Crippen MR) is 82.0 cm³/mol. The van der Waals surface area contributed by atoms with Gasteiger partial charge in [0.05, 0.1) is 18.1 Å². The van der Waals surface area contributed by atoms with E-state index in [4.69, 9.17) is 10.5 Å². The largest absolute Gasteiger partial charge is 0.462 e. The van der Waals surface area contributed by atoms with Crippen LogP contribution in [-0.4, -0.2) is 30.3 Å². The molecule has 7 heteroatoms. The SMILES string of the molecule is CCOC(=O)c1c(CC(=O)[C@H]2CC2(F)F)sc2c1C[C@@H](N)CC2. The number of ketones is 1. The van der Waals surface area contributed by atoms with Crippen molar-refractivity contribution in [2.75, 3.05) is 6.61 Å². The van der Waals surface area contributed by atoms with Crippen LogP contribution in [0, 0.1) is 5.92 Å². The van der Waals surface area contributed by atoms with Gasteiger partial charge in [-0.2, -0.15) is 0 Å². The summed E-state index contributed by atoms with van der Waals surface area (Å²) < 4.78 is 31.3. The number of esters is 1. The number of Topliss-reactive ketones (excluding diaryl/α,β-unsaturated/α-hetero) is 1. The van der Waals surface area contributed by atoms with Gasteiger partial charge in [0.25, 0.3) is 5.92 Å². The van der Waals surface area contributed by atoms with E-state index in [1.54, 1.807) is 6.92 Å². The normalized spacial score (nSPS) is 24.9. The first-order chi connectivity index (χ1) is 10.8. The zero-order valence-electron chi connectivity index (χ0n) is 12.9. The van der Waals surface area contributed by atoms with Crippen LogP contribution in [0.4, 0.5) is 8.78 Å². The summed E-state index contributed by atoms with van der Waals surface area (Å²) in [6.07, 6.45) is 1.64. The van der Waals surface area contributed by atoms with Crippen LogP contribution in [-0.2, 0) is 28.8 Å². The second kappa shape index (κ2) is 5.94. The number of halogens is 2. The molecule has 2 aliphatic carbocycles. The molecular formula is C16H19F2NO3S. The van der Waals surface area contributed by atoms with Crippen molar-refractivity contribution in [3.05, 3.63) is 20.9 Å². The monoisotopic (exact) mass is 343 g/mol. The zero-order chi connectivity index (χ0) is 16.8. The third-order valence-corrected chi connectivity index (χ3v) is 5.69. The van der Waals surface area contributed by atoms with Crippen LogP contribution < -0.4 is 5.73 Å². The fourth-order valence-electron chi connectivity index (χ4n) is 3.08. The number of carbonyl (C=O) groups is 2. The van der Waals surface area contributed by atoms with Crippen LogP contribution in [0.5, 0.6) is 0 Å². The Morgan fingerprint density at radius 1 is 1.43 bits per heavy atom. The number of ether oxygens (including phenoxy) is 1. The van der Waals surface area contributed by atoms with Gasteiger partial charge in [0.2, 0.25) is 0 Å². The van der Waals surface area contributed by atoms with Gasteiger partial charge >= 0.3 is 5.97 Å². The van der Waals surface area contributed by atoms with E-state index in [1.807, 2.05) is 0 Å². The second-order valence-electron chi connectivity index (χ2n) is 6.19. The van der Waals surface area contributed by atoms with Gasteiger partial charge in [-0.1, -0.05) is 0 Å². The molecule has 1 heterocycles. The average molecular weight is 343 g/mol. The van der Waals surface area contributed by atoms with Gasteiger partial charge in [-0.05, 0) is 31.7 Å². The molecule has 2 N–H and O–H groups in total. The summed E-state index contributed by atoms with van der Waals surface area (Å²) in [5.74, 6) is -5.05. The lowest BCUT2D eigenvalue weighted by Crippen LogP contribution is -2.28. The Labute approximate surface area is 137 Å². The molecule has 2 aliphatic rings. The summed E-state index contributed by atoms with van der Waals surface area (Å²) in [6, 6.07) is -0.0263. The summed E-state index contributed by atoms with van der Waals surface area (Å²) >= 11 is 1.37. The highest BCUT2D eigenvalue weighted by Crippen LogP contribution is 2.50. The fourth-order valence-corrected chi connectivity index (χ4v) is 4.43. The average Bonchev–Trinajstić information content (AvgIpc) is 2.97. The molecule has 1 saturated carbocycles. The molecule has 0 saturated heterocycles. The molecule has 1 aromatic rings. The van der Waals surface area contributed by atoms with Gasteiger partial charge in [-0.25, -0.2) is 13.6 Å². The van der Waals surface area contributed by atoms with E-state index < -0.39 is 23.6 Å². The van der Waals surface area contributed by atoms with Crippen molar-refractivity contribution in [3.63, 3.8) is 0 Å². The van der Waals surface area contributed by atoms with Gasteiger partial charge in [-0.3, -0.25) is 4.79 Å². The number of thiophene rings is 1. The van der Waals surface area contributed by atoms with Crippen molar-refractivity contribution in [3.8, 4) is 0 Å². The van der Waals surface area contributed by atoms with E-state index >= 15 is 0 Å². The van der Waals surface area contributed by atoms with E-state index in [-0.39, 0.29) is 25.5 Å². The second-order valence-corrected chi connectivity index (χ2v) is 7.38. The molecule has 126 valence electrons. The predicted octanol–water partition coefficient (Wildman–Crippen LogP) is 2.51. The van der Waals surface area contributed by atoms with Gasteiger partial charge < -0.3 is 10.5 Å². The third kappa shape index (κ3) is 3.17. The number of fused-ring (bicyclic) bond motifs is 1. The van der Waals surface area contributed by atoms with Gasteiger partial charge in [0, 0.05) is 28.6 Å². The molecule has 1 fully saturated rings. The summed E-state index contributed by atoms with van der Waals surface area (Å²) in [5, 5.41) is 0. The number of hydrogen-bond acceptors (Lipinski definition) is 5. The molecule has 0 bridgehead atoms. The summed E-state index contributed by atoms with van der Waals surface area (Å²) in [4.78, 5) is 25.9. The number of alkyl halides is 2. The van der Waals surface area contributed by atoms with Gasteiger partial charge in [0.15, 0.2) is 0 Å². The van der Waals surface area contributed by atoms with Crippen molar-refractivity contribution >= 4 is 23.1 Å². The van der Waals surface area contributed by atoms with E-state index in [0.717, 1.165) is 23.3 Å².